The number of para-hydroxylation sites is 1. The third-order valence-corrected chi connectivity index (χ3v) is 11.1. The maximum atomic E-state index is 14.7. The molecule has 49 heavy (non-hydrogen) atoms. The molecule has 0 heterocycles. The zero-order chi connectivity index (χ0) is 35.0. The number of sulfonamides is 1. The molecule has 1 unspecified atom stereocenters. The molecule has 9 nitrogen and oxygen atoms in total. The molecule has 0 aliphatic heterocycles. The molecule has 1 atom stereocenters. The van der Waals surface area contributed by atoms with Gasteiger partial charge in [0.2, 0.25) is 11.8 Å². The van der Waals surface area contributed by atoms with Gasteiger partial charge in [-0.15, -0.1) is 0 Å². The van der Waals surface area contributed by atoms with E-state index in [-0.39, 0.29) is 41.2 Å². The van der Waals surface area contributed by atoms with Crippen molar-refractivity contribution in [1.82, 2.24) is 10.2 Å². The Morgan fingerprint density at radius 3 is 2.06 bits per heavy atom. The zero-order valence-electron chi connectivity index (χ0n) is 27.4. The molecule has 0 radical (unpaired) electrons. The molecule has 4 aromatic carbocycles. The number of rotatable bonds is 14. The minimum Gasteiger partial charge on any atom is -0.493 e. The molecular weight excluding hydrogens is 685 g/mol. The van der Waals surface area contributed by atoms with Crippen molar-refractivity contribution in [3.63, 3.8) is 0 Å². The summed E-state index contributed by atoms with van der Waals surface area (Å²) >= 11 is 13.2. The normalized spacial score (nSPS) is 13.8. The second-order valence-electron chi connectivity index (χ2n) is 11.8. The van der Waals surface area contributed by atoms with Crippen molar-refractivity contribution in [3.05, 3.63) is 118 Å². The fraction of sp³-hybridized carbons (Fsp3) is 0.297. The van der Waals surface area contributed by atoms with Crippen LogP contribution < -0.4 is 19.1 Å². The lowest BCUT2D eigenvalue weighted by atomic mass is 10.0. The van der Waals surface area contributed by atoms with Gasteiger partial charge < -0.3 is 19.7 Å². The Labute approximate surface area is 297 Å². The zero-order valence-corrected chi connectivity index (χ0v) is 29.7. The van der Waals surface area contributed by atoms with Crippen LogP contribution in [0, 0.1) is 0 Å². The van der Waals surface area contributed by atoms with Crippen molar-refractivity contribution < 1.29 is 27.5 Å². The predicted octanol–water partition coefficient (Wildman–Crippen LogP) is 6.90. The van der Waals surface area contributed by atoms with Gasteiger partial charge in [-0.25, -0.2) is 8.42 Å². The average Bonchev–Trinajstić information content (AvgIpc) is 3.63. The first-order chi connectivity index (χ1) is 23.6. The molecule has 0 bridgehead atoms. The Morgan fingerprint density at radius 2 is 1.45 bits per heavy atom. The number of methoxy groups -OCH3 is 2. The van der Waals surface area contributed by atoms with Crippen molar-refractivity contribution in [2.75, 3.05) is 25.1 Å². The van der Waals surface area contributed by atoms with Gasteiger partial charge in [0.25, 0.3) is 10.0 Å². The molecule has 5 rings (SSSR count). The summed E-state index contributed by atoms with van der Waals surface area (Å²) in [5.74, 6) is -0.388. The van der Waals surface area contributed by atoms with E-state index in [1.807, 2.05) is 30.3 Å². The van der Waals surface area contributed by atoms with Crippen molar-refractivity contribution >= 4 is 50.7 Å². The van der Waals surface area contributed by atoms with Gasteiger partial charge in [0.05, 0.1) is 24.8 Å². The number of nitrogens with zero attached hydrogens (tertiary/aromatic N) is 2. The van der Waals surface area contributed by atoms with Crippen LogP contribution in [0.5, 0.6) is 11.5 Å². The van der Waals surface area contributed by atoms with E-state index in [0.717, 1.165) is 35.6 Å². The monoisotopic (exact) mass is 723 g/mol. The molecule has 1 fully saturated rings. The highest BCUT2D eigenvalue weighted by Gasteiger charge is 2.36. The van der Waals surface area contributed by atoms with Crippen LogP contribution in [0.4, 0.5) is 5.69 Å². The Morgan fingerprint density at radius 1 is 0.837 bits per heavy atom. The average molecular weight is 725 g/mol. The quantitative estimate of drug-likeness (QED) is 0.152. The van der Waals surface area contributed by atoms with Crippen molar-refractivity contribution in [2.24, 2.45) is 0 Å². The van der Waals surface area contributed by atoms with Crippen LogP contribution in [0.1, 0.15) is 36.8 Å². The van der Waals surface area contributed by atoms with Gasteiger partial charge in [-0.3, -0.25) is 13.9 Å². The summed E-state index contributed by atoms with van der Waals surface area (Å²) in [5.41, 5.74) is 1.53. The van der Waals surface area contributed by atoms with Gasteiger partial charge >= 0.3 is 0 Å². The van der Waals surface area contributed by atoms with Crippen molar-refractivity contribution in [3.8, 4) is 11.5 Å². The molecule has 4 aromatic rings. The van der Waals surface area contributed by atoms with E-state index in [4.69, 9.17) is 32.7 Å². The first-order valence-corrected chi connectivity index (χ1v) is 18.2. The first-order valence-electron chi connectivity index (χ1n) is 16.0. The molecule has 258 valence electrons. The molecule has 0 saturated heterocycles. The summed E-state index contributed by atoms with van der Waals surface area (Å²) in [7, 11) is -1.49. The number of carbonyl (C=O) groups is 2. The summed E-state index contributed by atoms with van der Waals surface area (Å²) in [6.45, 7) is -0.753. The minimum atomic E-state index is -4.36. The third-order valence-electron chi connectivity index (χ3n) is 8.63. The molecule has 0 aromatic heterocycles. The van der Waals surface area contributed by atoms with Gasteiger partial charge in [0.1, 0.15) is 12.6 Å². The lowest BCUT2D eigenvalue weighted by Crippen LogP contribution is -2.54. The molecule has 2 amide bonds. The first kappa shape index (κ1) is 36.0. The predicted molar refractivity (Wildman–Crippen MR) is 192 cm³/mol. The summed E-state index contributed by atoms with van der Waals surface area (Å²) in [5, 5.41) is 3.79. The number of hydrogen-bond acceptors (Lipinski definition) is 6. The van der Waals surface area contributed by atoms with Crippen molar-refractivity contribution in [2.45, 2.75) is 55.6 Å². The number of hydrogen-bond donors (Lipinski definition) is 1. The highest BCUT2D eigenvalue weighted by Crippen LogP contribution is 2.33. The summed E-state index contributed by atoms with van der Waals surface area (Å²) in [4.78, 5) is 30.2. The maximum Gasteiger partial charge on any atom is 0.264 e. The van der Waals surface area contributed by atoms with Crippen molar-refractivity contribution in [1.29, 1.82) is 0 Å². The van der Waals surface area contributed by atoms with Gasteiger partial charge in [0.15, 0.2) is 11.5 Å². The molecule has 12 heteroatoms. The SMILES string of the molecule is COc1ccc(S(=O)(=O)N(CC(=O)N(Cc2c(Cl)cccc2Cl)C(Cc2ccccc2)C(=O)NC2CCCC2)c2ccccc2)cc1OC. The molecule has 0 spiro atoms. The van der Waals surface area contributed by atoms with E-state index in [1.165, 1.54) is 37.3 Å². The van der Waals surface area contributed by atoms with Gasteiger partial charge in [-0.05, 0) is 54.8 Å². The number of ether oxygens (including phenoxy) is 2. The van der Waals surface area contributed by atoms with E-state index in [1.54, 1.807) is 48.5 Å². The Hall–Kier alpha value is -4.25. The fourth-order valence-corrected chi connectivity index (χ4v) is 7.95. The minimum absolute atomic E-state index is 0.0159. The standard InChI is InChI=1S/C37H39Cl2N3O6S/c1-47-34-21-20-29(23-35(34)48-2)49(45,46)42(28-16-7-4-8-17-28)25-36(43)41(24-30-31(38)18-11-19-32(30)39)33(22-26-12-5-3-6-13-26)37(44)40-27-14-9-10-15-27/h3-8,11-13,16-21,23,27,33H,9-10,14-15,22,24-25H2,1-2H3,(H,40,44). The number of halogens is 2. The largest absolute Gasteiger partial charge is 0.493 e. The smallest absolute Gasteiger partial charge is 0.264 e. The lowest BCUT2D eigenvalue weighted by molar-refractivity contribution is -0.140. The third kappa shape index (κ3) is 8.68. The van der Waals surface area contributed by atoms with E-state index in [0.29, 0.717) is 21.4 Å². The van der Waals surface area contributed by atoms with Crippen LogP contribution in [0.3, 0.4) is 0 Å². The number of amides is 2. The fourth-order valence-electron chi connectivity index (χ4n) is 6.00. The van der Waals surface area contributed by atoms with E-state index in [2.05, 4.69) is 5.32 Å². The number of nitrogens with one attached hydrogen (secondary N) is 1. The highest BCUT2D eigenvalue weighted by molar-refractivity contribution is 7.92. The molecule has 1 saturated carbocycles. The van der Waals surface area contributed by atoms with Crippen LogP contribution in [0.25, 0.3) is 0 Å². The topological polar surface area (TPSA) is 105 Å². The van der Waals surface area contributed by atoms with E-state index < -0.39 is 28.5 Å². The van der Waals surface area contributed by atoms with Gasteiger partial charge in [-0.2, -0.15) is 0 Å². The lowest BCUT2D eigenvalue weighted by Gasteiger charge is -2.34. The Bertz CT molecular complexity index is 1830. The number of carbonyl (C=O) groups excluding carboxylic acids is 2. The summed E-state index contributed by atoms with van der Waals surface area (Å²) in [6, 6.07) is 25.9. The second kappa shape index (κ2) is 16.4. The molecule has 1 aliphatic rings. The highest BCUT2D eigenvalue weighted by atomic mass is 35.5. The molecule has 1 N–H and O–H groups in total. The number of benzene rings is 4. The summed E-state index contributed by atoms with van der Waals surface area (Å²) < 4.78 is 40.5. The van der Waals surface area contributed by atoms with Crippen LogP contribution in [-0.2, 0) is 32.6 Å². The maximum absolute atomic E-state index is 14.7. The van der Waals surface area contributed by atoms with Gasteiger partial charge in [0, 0.05) is 40.7 Å². The van der Waals surface area contributed by atoms with Crippen LogP contribution >= 0.6 is 23.2 Å². The Balaban J connectivity index is 1.59. The molecule has 1 aliphatic carbocycles. The van der Waals surface area contributed by atoms with Crippen LogP contribution in [0.2, 0.25) is 10.0 Å². The number of anilines is 1. The van der Waals surface area contributed by atoms with Gasteiger partial charge in [-0.1, -0.05) is 90.6 Å². The van der Waals surface area contributed by atoms with E-state index in [9.17, 15) is 18.0 Å². The van der Waals surface area contributed by atoms with Crippen LogP contribution in [-0.4, -0.2) is 58.0 Å². The van der Waals surface area contributed by atoms with Crippen LogP contribution in [0.15, 0.2) is 102 Å². The van der Waals surface area contributed by atoms with E-state index >= 15 is 0 Å². The molecular formula is C37H39Cl2N3O6S. The summed E-state index contributed by atoms with van der Waals surface area (Å²) in [6.07, 6.45) is 3.89. The second-order valence-corrected chi connectivity index (χ2v) is 14.5. The Kier molecular flexibility index (Phi) is 12.1.